The monoisotopic (exact) mass is 407 g/mol. The van der Waals surface area contributed by atoms with Gasteiger partial charge in [0.1, 0.15) is 0 Å². The highest BCUT2D eigenvalue weighted by molar-refractivity contribution is 8.22. The number of hydrogen-bond donors (Lipinski definition) is 0. The predicted molar refractivity (Wildman–Crippen MR) is 122 cm³/mol. The van der Waals surface area contributed by atoms with Crippen molar-refractivity contribution in [1.82, 2.24) is 4.57 Å². The van der Waals surface area contributed by atoms with Crippen molar-refractivity contribution < 1.29 is 4.42 Å². The second-order valence-electron chi connectivity index (χ2n) is 6.79. The summed E-state index contributed by atoms with van der Waals surface area (Å²) in [7, 11) is 0. The summed E-state index contributed by atoms with van der Waals surface area (Å²) in [5.41, 5.74) is 2.80. The van der Waals surface area contributed by atoms with Crippen molar-refractivity contribution in [3.05, 3.63) is 82.8 Å². The van der Waals surface area contributed by atoms with Crippen LogP contribution in [-0.4, -0.2) is 8.76 Å². The number of para-hydroxylation sites is 2. The van der Waals surface area contributed by atoms with E-state index in [4.69, 9.17) is 16.6 Å². The van der Waals surface area contributed by atoms with Crippen molar-refractivity contribution in [2.45, 2.75) is 31.6 Å². The molecule has 0 radical (unpaired) electrons. The van der Waals surface area contributed by atoms with Gasteiger partial charge in [-0.25, -0.2) is 4.79 Å². The molecule has 0 spiro atoms. The molecule has 0 amide bonds. The standard InChI is InChI=1S/C23H21NO2S2/c25-23-24(20-9-3-4-10-21(20)26-23)14-6-5-11-22(27)28-16-17-12-13-18-7-1-2-8-19(18)15-17/h1-4,7-10,12-13,15H,5-6,11,14,16H2. The first kappa shape index (κ1) is 19.0. The number of nitrogens with zero attached hydrogens (tertiary/aromatic N) is 1. The first-order valence-corrected chi connectivity index (χ1v) is 10.8. The summed E-state index contributed by atoms with van der Waals surface area (Å²) in [6.07, 6.45) is 2.76. The minimum absolute atomic E-state index is 0.283. The highest BCUT2D eigenvalue weighted by Crippen LogP contribution is 2.22. The van der Waals surface area contributed by atoms with E-state index in [0.717, 1.165) is 34.7 Å². The van der Waals surface area contributed by atoms with Gasteiger partial charge in [-0.3, -0.25) is 4.57 Å². The molecule has 1 aromatic heterocycles. The number of thioether (sulfide) groups is 1. The Morgan fingerprint density at radius 2 is 1.75 bits per heavy atom. The summed E-state index contributed by atoms with van der Waals surface area (Å²) in [6.45, 7) is 0.661. The van der Waals surface area contributed by atoms with Crippen molar-refractivity contribution >= 4 is 50.0 Å². The van der Waals surface area contributed by atoms with E-state index in [-0.39, 0.29) is 5.76 Å². The summed E-state index contributed by atoms with van der Waals surface area (Å²) in [5, 5.41) is 2.53. The zero-order chi connectivity index (χ0) is 19.3. The van der Waals surface area contributed by atoms with Gasteiger partial charge < -0.3 is 4.42 Å². The number of aryl methyl sites for hydroxylation is 1. The Morgan fingerprint density at radius 3 is 2.64 bits per heavy atom. The first-order chi connectivity index (χ1) is 13.7. The van der Waals surface area contributed by atoms with Crippen molar-refractivity contribution in [2.24, 2.45) is 0 Å². The molecule has 0 unspecified atom stereocenters. The molecule has 0 aliphatic rings. The van der Waals surface area contributed by atoms with Crippen molar-refractivity contribution in [2.75, 3.05) is 0 Å². The first-order valence-electron chi connectivity index (χ1n) is 9.42. The molecule has 0 aliphatic heterocycles. The van der Waals surface area contributed by atoms with Gasteiger partial charge in [-0.1, -0.05) is 66.8 Å². The quantitative estimate of drug-likeness (QED) is 0.271. The Labute approximate surface area is 173 Å². The van der Waals surface area contributed by atoms with E-state index in [1.165, 1.54) is 16.3 Å². The third-order valence-corrected chi connectivity index (χ3v) is 6.36. The third-order valence-electron chi connectivity index (χ3n) is 4.80. The van der Waals surface area contributed by atoms with E-state index < -0.39 is 0 Å². The maximum absolute atomic E-state index is 12.0. The summed E-state index contributed by atoms with van der Waals surface area (Å²) in [4.78, 5) is 12.0. The van der Waals surface area contributed by atoms with Gasteiger partial charge >= 0.3 is 5.76 Å². The number of oxazole rings is 1. The van der Waals surface area contributed by atoms with Gasteiger partial charge in [0, 0.05) is 16.5 Å². The van der Waals surface area contributed by atoms with E-state index in [0.29, 0.717) is 12.1 Å². The highest BCUT2D eigenvalue weighted by Gasteiger charge is 2.08. The van der Waals surface area contributed by atoms with Crippen LogP contribution in [0.2, 0.25) is 0 Å². The Bertz CT molecular complexity index is 1180. The lowest BCUT2D eigenvalue weighted by atomic mass is 10.1. The van der Waals surface area contributed by atoms with Gasteiger partial charge in [0.25, 0.3) is 0 Å². The number of hydrogen-bond acceptors (Lipinski definition) is 4. The molecule has 0 aliphatic carbocycles. The predicted octanol–water partition coefficient (Wildman–Crippen LogP) is 6.18. The second kappa shape index (κ2) is 8.76. The van der Waals surface area contributed by atoms with Crippen molar-refractivity contribution in [3.8, 4) is 0 Å². The van der Waals surface area contributed by atoms with Gasteiger partial charge in [-0.05, 0) is 47.7 Å². The molecule has 28 heavy (non-hydrogen) atoms. The molecular formula is C23H21NO2S2. The number of benzene rings is 3. The van der Waals surface area contributed by atoms with Crippen LogP contribution in [-0.2, 0) is 12.3 Å². The van der Waals surface area contributed by atoms with E-state index in [1.807, 2.05) is 24.3 Å². The maximum atomic E-state index is 12.0. The molecule has 0 fully saturated rings. The molecule has 3 nitrogen and oxygen atoms in total. The Hall–Kier alpha value is -2.37. The van der Waals surface area contributed by atoms with E-state index in [9.17, 15) is 4.79 Å². The van der Waals surface area contributed by atoms with Crippen molar-refractivity contribution in [1.29, 1.82) is 0 Å². The van der Waals surface area contributed by atoms with Gasteiger partial charge in [0.2, 0.25) is 0 Å². The van der Waals surface area contributed by atoms with Crippen LogP contribution in [0, 0.1) is 0 Å². The molecule has 3 aromatic carbocycles. The molecule has 0 saturated carbocycles. The largest absolute Gasteiger partial charge is 0.419 e. The molecule has 0 N–H and O–H groups in total. The molecule has 5 heteroatoms. The fourth-order valence-electron chi connectivity index (χ4n) is 3.33. The van der Waals surface area contributed by atoms with Gasteiger partial charge in [-0.15, -0.1) is 11.8 Å². The molecule has 0 bridgehead atoms. The smallest absolute Gasteiger partial charge is 0.408 e. The maximum Gasteiger partial charge on any atom is 0.419 e. The normalized spacial score (nSPS) is 11.3. The molecule has 4 rings (SSSR count). The number of unbranched alkanes of at least 4 members (excludes halogenated alkanes) is 1. The summed E-state index contributed by atoms with van der Waals surface area (Å²) in [6, 6.07) is 22.5. The Balaban J connectivity index is 1.25. The summed E-state index contributed by atoms with van der Waals surface area (Å²) < 4.78 is 8.01. The molecular weight excluding hydrogens is 386 g/mol. The topological polar surface area (TPSA) is 35.1 Å². The fraction of sp³-hybridized carbons (Fsp3) is 0.217. The Morgan fingerprint density at radius 1 is 0.964 bits per heavy atom. The molecule has 4 aromatic rings. The third kappa shape index (κ3) is 4.37. The zero-order valence-corrected chi connectivity index (χ0v) is 17.1. The van der Waals surface area contributed by atoms with Crippen LogP contribution < -0.4 is 5.76 Å². The van der Waals surface area contributed by atoms with Crippen LogP contribution in [0.5, 0.6) is 0 Å². The number of thiocarbonyl (C=S) groups is 1. The average Bonchev–Trinajstić information content (AvgIpc) is 3.04. The van der Waals surface area contributed by atoms with Crippen LogP contribution in [0.25, 0.3) is 21.9 Å². The molecule has 0 atom stereocenters. The lowest BCUT2D eigenvalue weighted by Crippen LogP contribution is -2.14. The van der Waals surface area contributed by atoms with Crippen LogP contribution in [0.15, 0.2) is 75.9 Å². The Kier molecular flexibility index (Phi) is 5.93. The fourth-order valence-corrected chi connectivity index (χ4v) is 4.45. The zero-order valence-electron chi connectivity index (χ0n) is 15.5. The van der Waals surface area contributed by atoms with E-state index in [2.05, 4.69) is 42.5 Å². The number of fused-ring (bicyclic) bond motifs is 2. The SMILES string of the molecule is O=c1oc2ccccc2n1CCCCC(=S)SCc1ccc2ccccc2c1. The van der Waals surface area contributed by atoms with Crippen molar-refractivity contribution in [3.63, 3.8) is 0 Å². The van der Waals surface area contributed by atoms with E-state index in [1.54, 1.807) is 16.3 Å². The summed E-state index contributed by atoms with van der Waals surface area (Å²) in [5.74, 6) is 0.615. The van der Waals surface area contributed by atoms with Crippen LogP contribution in [0.1, 0.15) is 24.8 Å². The van der Waals surface area contributed by atoms with Gasteiger partial charge in [0.15, 0.2) is 5.58 Å². The minimum atomic E-state index is -0.283. The lowest BCUT2D eigenvalue weighted by molar-refractivity contribution is 0.494. The summed E-state index contributed by atoms with van der Waals surface area (Å²) >= 11 is 7.28. The molecule has 142 valence electrons. The van der Waals surface area contributed by atoms with Gasteiger partial charge in [0.05, 0.1) is 5.52 Å². The highest BCUT2D eigenvalue weighted by atomic mass is 32.2. The van der Waals surface area contributed by atoms with E-state index >= 15 is 0 Å². The van der Waals surface area contributed by atoms with Gasteiger partial charge in [-0.2, -0.15) is 0 Å². The average molecular weight is 408 g/mol. The van der Waals surface area contributed by atoms with Crippen LogP contribution in [0.3, 0.4) is 0 Å². The number of rotatable bonds is 7. The lowest BCUT2D eigenvalue weighted by Gasteiger charge is -2.06. The minimum Gasteiger partial charge on any atom is -0.408 e. The van der Waals surface area contributed by atoms with Crippen LogP contribution in [0.4, 0.5) is 0 Å². The molecule has 0 saturated heterocycles. The molecule has 1 heterocycles. The second-order valence-corrected chi connectivity index (χ2v) is 8.61. The number of aromatic nitrogens is 1. The van der Waals surface area contributed by atoms with Crippen LogP contribution >= 0.6 is 24.0 Å².